The van der Waals surface area contributed by atoms with Crippen LogP contribution in [-0.2, 0) is 26.2 Å². The van der Waals surface area contributed by atoms with Crippen LogP contribution in [0.2, 0.25) is 0 Å². The molecular weight excluding hydrogens is 360 g/mol. The molecule has 0 bridgehead atoms. The zero-order valence-corrected chi connectivity index (χ0v) is 15.8. The van der Waals surface area contributed by atoms with E-state index in [1.807, 2.05) is 6.92 Å². The van der Waals surface area contributed by atoms with Crippen molar-refractivity contribution in [2.24, 2.45) is 5.92 Å². The molecule has 1 aromatic rings. The van der Waals surface area contributed by atoms with Crippen LogP contribution < -0.4 is 0 Å². The molecule has 26 heavy (non-hydrogen) atoms. The molecule has 144 valence electrons. The molecule has 1 amide bonds. The summed E-state index contributed by atoms with van der Waals surface area (Å²) in [5.41, 5.74) is -0.807. The molecule has 0 radical (unpaired) electrons. The first-order valence-corrected chi connectivity index (χ1v) is 10.2. The molecular formula is C16H24N4O5S. The molecule has 0 aliphatic carbocycles. The van der Waals surface area contributed by atoms with Crippen LogP contribution in [0.3, 0.4) is 0 Å². The van der Waals surface area contributed by atoms with Gasteiger partial charge in [0.25, 0.3) is 10.0 Å². The molecule has 9 nitrogen and oxygen atoms in total. The molecule has 1 aromatic heterocycles. The minimum Gasteiger partial charge on any atom is -0.481 e. The second kappa shape index (κ2) is 6.66. The number of hydrogen-bond acceptors (Lipinski definition) is 5. The number of rotatable bonds is 5. The van der Waals surface area contributed by atoms with Crippen LogP contribution in [0, 0.1) is 5.92 Å². The van der Waals surface area contributed by atoms with Gasteiger partial charge in [0, 0.05) is 33.1 Å². The maximum Gasteiger partial charge on any atom is 0.309 e. The number of nitrogens with zero attached hydrogens (tertiary/aromatic N) is 4. The summed E-state index contributed by atoms with van der Waals surface area (Å²) < 4.78 is 28.8. The first-order chi connectivity index (χ1) is 12.2. The Balaban J connectivity index is 1.82. The Morgan fingerprint density at radius 2 is 2.04 bits per heavy atom. The van der Waals surface area contributed by atoms with Crippen molar-refractivity contribution in [1.29, 1.82) is 0 Å². The van der Waals surface area contributed by atoms with Gasteiger partial charge in [0.05, 0.1) is 17.7 Å². The monoisotopic (exact) mass is 384 g/mol. The van der Waals surface area contributed by atoms with Crippen LogP contribution in [0.15, 0.2) is 17.3 Å². The number of hydrogen-bond donors (Lipinski definition) is 1. The molecule has 1 N–H and O–H groups in total. The van der Waals surface area contributed by atoms with Crippen LogP contribution in [0.1, 0.15) is 32.6 Å². The van der Waals surface area contributed by atoms with Gasteiger partial charge in [0.2, 0.25) is 5.91 Å². The SMILES string of the molecule is CCCn1nccc1S(=O)(=O)N1CCC2(CC1)C(C(=O)O)CC(=O)N2C. The van der Waals surface area contributed by atoms with E-state index in [2.05, 4.69) is 5.10 Å². The fraction of sp³-hybridized carbons (Fsp3) is 0.688. The molecule has 1 atom stereocenters. The summed E-state index contributed by atoms with van der Waals surface area (Å²) in [6, 6.07) is 1.49. The van der Waals surface area contributed by atoms with E-state index in [0.717, 1.165) is 6.42 Å². The van der Waals surface area contributed by atoms with Gasteiger partial charge in [-0.25, -0.2) is 8.42 Å². The lowest BCUT2D eigenvalue weighted by molar-refractivity contribution is -0.145. The topological polar surface area (TPSA) is 113 Å². The lowest BCUT2D eigenvalue weighted by atomic mass is 9.77. The summed E-state index contributed by atoms with van der Waals surface area (Å²) in [5, 5.41) is 13.7. The van der Waals surface area contributed by atoms with Gasteiger partial charge in [0.1, 0.15) is 0 Å². The molecule has 2 saturated heterocycles. The Bertz CT molecular complexity index is 810. The van der Waals surface area contributed by atoms with Gasteiger partial charge in [-0.3, -0.25) is 14.3 Å². The Kier molecular flexibility index (Phi) is 4.82. The summed E-state index contributed by atoms with van der Waals surface area (Å²) in [6.45, 7) is 2.82. The van der Waals surface area contributed by atoms with E-state index in [1.54, 1.807) is 7.05 Å². The number of aliphatic carboxylic acids is 1. The summed E-state index contributed by atoms with van der Waals surface area (Å²) in [4.78, 5) is 25.2. The fourth-order valence-corrected chi connectivity index (χ4v) is 5.72. The molecule has 0 aromatic carbocycles. The second-order valence-corrected chi connectivity index (χ2v) is 8.83. The third-order valence-electron chi connectivity index (χ3n) is 5.67. The quantitative estimate of drug-likeness (QED) is 0.785. The van der Waals surface area contributed by atoms with Gasteiger partial charge >= 0.3 is 5.97 Å². The number of aryl methyl sites for hydroxylation is 1. The predicted molar refractivity (Wildman–Crippen MR) is 91.8 cm³/mol. The molecule has 2 aliphatic heterocycles. The van der Waals surface area contributed by atoms with Gasteiger partial charge in [-0.2, -0.15) is 9.40 Å². The molecule has 2 fully saturated rings. The maximum atomic E-state index is 13.0. The van der Waals surface area contributed by atoms with E-state index in [-0.39, 0.29) is 30.4 Å². The molecule has 1 spiro atoms. The van der Waals surface area contributed by atoms with Crippen LogP contribution in [-0.4, -0.2) is 70.1 Å². The van der Waals surface area contributed by atoms with Crippen molar-refractivity contribution < 1.29 is 23.1 Å². The van der Waals surface area contributed by atoms with Crippen molar-refractivity contribution in [3.05, 3.63) is 12.3 Å². The lowest BCUT2D eigenvalue weighted by Gasteiger charge is -2.44. The summed E-state index contributed by atoms with van der Waals surface area (Å²) in [5.74, 6) is -2.00. The lowest BCUT2D eigenvalue weighted by Crippen LogP contribution is -2.57. The smallest absolute Gasteiger partial charge is 0.309 e. The van der Waals surface area contributed by atoms with Crippen molar-refractivity contribution in [3.8, 4) is 0 Å². The van der Waals surface area contributed by atoms with Crippen LogP contribution in [0.25, 0.3) is 0 Å². The Morgan fingerprint density at radius 1 is 1.38 bits per heavy atom. The highest BCUT2D eigenvalue weighted by atomic mass is 32.2. The number of piperidine rings is 1. The molecule has 1 unspecified atom stereocenters. The highest BCUT2D eigenvalue weighted by Gasteiger charge is 2.56. The van der Waals surface area contributed by atoms with E-state index in [4.69, 9.17) is 0 Å². The maximum absolute atomic E-state index is 13.0. The van der Waals surface area contributed by atoms with E-state index < -0.39 is 27.4 Å². The van der Waals surface area contributed by atoms with Crippen molar-refractivity contribution in [3.63, 3.8) is 0 Å². The molecule has 2 aliphatic rings. The number of sulfonamides is 1. The van der Waals surface area contributed by atoms with Crippen molar-refractivity contribution in [2.75, 3.05) is 20.1 Å². The number of carbonyl (C=O) groups is 2. The van der Waals surface area contributed by atoms with Gasteiger partial charge < -0.3 is 10.0 Å². The number of aromatic nitrogens is 2. The zero-order chi connectivity index (χ0) is 19.1. The average Bonchev–Trinajstić information content (AvgIpc) is 3.16. The van der Waals surface area contributed by atoms with Crippen molar-refractivity contribution >= 4 is 21.9 Å². The van der Waals surface area contributed by atoms with Crippen molar-refractivity contribution in [1.82, 2.24) is 19.0 Å². The Morgan fingerprint density at radius 3 is 2.62 bits per heavy atom. The number of carbonyl (C=O) groups excluding carboxylic acids is 1. The highest BCUT2D eigenvalue weighted by molar-refractivity contribution is 7.89. The van der Waals surface area contributed by atoms with Gasteiger partial charge in [0.15, 0.2) is 5.03 Å². The number of amides is 1. The predicted octanol–water partition coefficient (Wildman–Crippen LogP) is 0.379. The minimum atomic E-state index is -3.70. The largest absolute Gasteiger partial charge is 0.481 e. The van der Waals surface area contributed by atoms with E-state index in [1.165, 1.54) is 26.2 Å². The van der Waals surface area contributed by atoms with Crippen LogP contribution >= 0.6 is 0 Å². The average molecular weight is 384 g/mol. The summed E-state index contributed by atoms with van der Waals surface area (Å²) in [6.07, 6.45) is 2.83. The number of carboxylic acids is 1. The summed E-state index contributed by atoms with van der Waals surface area (Å²) in [7, 11) is -2.09. The Hall–Kier alpha value is -1.94. The standard InChI is InChI=1S/C16H24N4O5S/c1-3-8-20-14(4-7-17-20)26(24,25)19-9-5-16(6-10-19)12(15(22)23)11-13(21)18(16)2/h4,7,12H,3,5-6,8-11H2,1-2H3,(H,22,23). The van der Waals surface area contributed by atoms with E-state index in [9.17, 15) is 23.1 Å². The minimum absolute atomic E-state index is 0.0259. The van der Waals surface area contributed by atoms with E-state index >= 15 is 0 Å². The molecule has 0 saturated carbocycles. The van der Waals surface area contributed by atoms with E-state index in [0.29, 0.717) is 19.4 Å². The summed E-state index contributed by atoms with van der Waals surface area (Å²) >= 11 is 0. The second-order valence-electron chi connectivity index (χ2n) is 6.95. The molecule has 10 heteroatoms. The van der Waals surface area contributed by atoms with Gasteiger partial charge in [-0.15, -0.1) is 0 Å². The third kappa shape index (κ3) is 2.81. The first-order valence-electron chi connectivity index (χ1n) is 8.75. The van der Waals surface area contributed by atoms with Gasteiger partial charge in [-0.1, -0.05) is 6.92 Å². The fourth-order valence-electron chi connectivity index (χ4n) is 4.15. The Labute approximate surface area is 152 Å². The van der Waals surface area contributed by atoms with Crippen LogP contribution in [0.4, 0.5) is 0 Å². The van der Waals surface area contributed by atoms with Crippen LogP contribution in [0.5, 0.6) is 0 Å². The zero-order valence-electron chi connectivity index (χ0n) is 15.0. The number of carboxylic acid groups (broad SMARTS) is 1. The third-order valence-corrected chi connectivity index (χ3v) is 7.59. The first kappa shape index (κ1) is 18.8. The molecule has 3 heterocycles. The highest BCUT2D eigenvalue weighted by Crippen LogP contribution is 2.43. The van der Waals surface area contributed by atoms with Gasteiger partial charge in [-0.05, 0) is 25.3 Å². The number of likely N-dealkylation sites (tertiary alicyclic amines) is 1. The molecule has 3 rings (SSSR count). The normalized spacial score (nSPS) is 23.7. The van der Waals surface area contributed by atoms with Crippen molar-refractivity contribution in [2.45, 2.75) is 49.7 Å².